The molecule has 1 aromatic carbocycles. The molecule has 0 bridgehead atoms. The number of hydrogen-bond donors (Lipinski definition) is 1. The van der Waals surface area contributed by atoms with Crippen LogP contribution in [-0.4, -0.2) is 44.0 Å². The van der Waals surface area contributed by atoms with Crippen LogP contribution in [0.4, 0.5) is 14.6 Å². The minimum Gasteiger partial charge on any atom is -0.449 e. The first-order valence-electron chi connectivity index (χ1n) is 11.9. The van der Waals surface area contributed by atoms with Crippen molar-refractivity contribution in [2.75, 3.05) is 11.9 Å². The number of nitrogens with zero attached hydrogens (tertiary/aromatic N) is 4. The van der Waals surface area contributed by atoms with Crippen LogP contribution in [0.2, 0.25) is 0 Å². The van der Waals surface area contributed by atoms with Crippen molar-refractivity contribution in [2.45, 2.75) is 58.6 Å². The van der Waals surface area contributed by atoms with Crippen LogP contribution in [0, 0.1) is 17.6 Å². The van der Waals surface area contributed by atoms with Gasteiger partial charge in [0, 0.05) is 18.3 Å². The van der Waals surface area contributed by atoms with Crippen molar-refractivity contribution in [1.29, 1.82) is 0 Å². The number of anilines is 1. The lowest BCUT2D eigenvalue weighted by Crippen LogP contribution is -2.35. The van der Waals surface area contributed by atoms with Crippen molar-refractivity contribution in [3.8, 4) is 11.5 Å². The summed E-state index contributed by atoms with van der Waals surface area (Å²) in [6.45, 7) is 8.36. The zero-order valence-corrected chi connectivity index (χ0v) is 21.0. The number of benzene rings is 1. The number of carbonyl (C=O) groups excluding carboxylic acids is 1. The molecule has 2 atom stereocenters. The highest BCUT2D eigenvalue weighted by Crippen LogP contribution is 2.27. The molecule has 3 aromatic rings. The predicted octanol–water partition coefficient (Wildman–Crippen LogP) is 3.89. The SMILES string of the molecule is CC(C)CC(C(=O)Nc1ccn(C[C@@H]2COC(C)(C)O2)n1)n1ncc(Oc2c(F)cccc2F)cc1=O. The maximum absolute atomic E-state index is 13.9. The highest BCUT2D eigenvalue weighted by molar-refractivity contribution is 5.92. The summed E-state index contributed by atoms with van der Waals surface area (Å²) in [7, 11) is 0. The molecule has 0 saturated carbocycles. The van der Waals surface area contributed by atoms with Gasteiger partial charge in [0.15, 0.2) is 34.7 Å². The fourth-order valence-corrected chi connectivity index (χ4v) is 3.95. The van der Waals surface area contributed by atoms with Crippen molar-refractivity contribution in [2.24, 2.45) is 5.92 Å². The third-order valence-corrected chi connectivity index (χ3v) is 5.58. The molecule has 1 amide bonds. The largest absolute Gasteiger partial charge is 0.449 e. The molecule has 1 N–H and O–H groups in total. The lowest BCUT2D eigenvalue weighted by atomic mass is 10.0. The van der Waals surface area contributed by atoms with E-state index in [-0.39, 0.29) is 17.8 Å². The molecule has 2 aromatic heterocycles. The number of halogens is 2. The Labute approximate surface area is 212 Å². The zero-order valence-electron chi connectivity index (χ0n) is 21.0. The quantitative estimate of drug-likeness (QED) is 0.459. The minimum atomic E-state index is -0.954. The summed E-state index contributed by atoms with van der Waals surface area (Å²) in [4.78, 5) is 26.0. The Bertz CT molecular complexity index is 1300. The van der Waals surface area contributed by atoms with E-state index < -0.39 is 40.7 Å². The Morgan fingerprint density at radius 2 is 2.00 bits per heavy atom. The van der Waals surface area contributed by atoms with Crippen molar-refractivity contribution >= 4 is 11.7 Å². The molecule has 3 heterocycles. The molecular formula is C25H29F2N5O5. The van der Waals surface area contributed by atoms with Gasteiger partial charge in [0.1, 0.15) is 12.1 Å². The topological polar surface area (TPSA) is 110 Å². The standard InChI is InChI=1S/C25H29F2N5O5/c1-15(2)10-20(24(34)29-21-8-9-31(30-21)13-17-14-35-25(3,4)37-17)32-22(33)11-16(12-28-32)36-23-18(26)6-5-7-19(23)27/h5-9,11-12,15,17,20H,10,13-14H2,1-4H3,(H,29,30,34)/t17-,20?/m1/s1. The first-order chi connectivity index (χ1) is 17.5. The van der Waals surface area contributed by atoms with Crippen LogP contribution in [-0.2, 0) is 20.8 Å². The lowest BCUT2D eigenvalue weighted by molar-refractivity contribution is -0.139. The van der Waals surface area contributed by atoms with E-state index in [2.05, 4.69) is 15.5 Å². The molecule has 198 valence electrons. The summed E-state index contributed by atoms with van der Waals surface area (Å²) < 4.78 is 47.0. The van der Waals surface area contributed by atoms with Crippen LogP contribution < -0.4 is 15.6 Å². The van der Waals surface area contributed by atoms with Gasteiger partial charge in [-0.1, -0.05) is 19.9 Å². The molecule has 0 radical (unpaired) electrons. The van der Waals surface area contributed by atoms with Crippen LogP contribution in [0.3, 0.4) is 0 Å². The fraction of sp³-hybridized carbons (Fsp3) is 0.440. The summed E-state index contributed by atoms with van der Waals surface area (Å²) in [5.74, 6) is -3.42. The molecule has 0 spiro atoms. The van der Waals surface area contributed by atoms with Gasteiger partial charge in [-0.25, -0.2) is 13.5 Å². The van der Waals surface area contributed by atoms with E-state index in [0.717, 1.165) is 29.1 Å². The van der Waals surface area contributed by atoms with Gasteiger partial charge in [0.05, 0.1) is 19.3 Å². The summed E-state index contributed by atoms with van der Waals surface area (Å²) in [6.07, 6.45) is 2.98. The van der Waals surface area contributed by atoms with Gasteiger partial charge in [-0.3, -0.25) is 14.3 Å². The Balaban J connectivity index is 1.48. The minimum absolute atomic E-state index is 0.0494. The Kier molecular flexibility index (Phi) is 7.69. The predicted molar refractivity (Wildman–Crippen MR) is 129 cm³/mol. The lowest BCUT2D eigenvalue weighted by Gasteiger charge is -2.19. The normalized spacial score (nSPS) is 17.6. The molecule has 0 aliphatic carbocycles. The highest BCUT2D eigenvalue weighted by atomic mass is 19.1. The van der Waals surface area contributed by atoms with Crippen molar-refractivity contribution < 1.29 is 27.8 Å². The fourth-order valence-electron chi connectivity index (χ4n) is 3.95. The highest BCUT2D eigenvalue weighted by Gasteiger charge is 2.33. The number of aromatic nitrogens is 4. The number of rotatable bonds is 9. The average molecular weight is 518 g/mol. The summed E-state index contributed by atoms with van der Waals surface area (Å²) in [5.41, 5.74) is -0.665. The molecule has 10 nitrogen and oxygen atoms in total. The van der Waals surface area contributed by atoms with E-state index in [4.69, 9.17) is 14.2 Å². The number of ether oxygens (including phenoxy) is 3. The Hall–Kier alpha value is -3.64. The van der Waals surface area contributed by atoms with Crippen LogP contribution in [0.25, 0.3) is 0 Å². The van der Waals surface area contributed by atoms with E-state index in [1.807, 2.05) is 27.7 Å². The molecule has 37 heavy (non-hydrogen) atoms. The van der Waals surface area contributed by atoms with Gasteiger partial charge in [0.25, 0.3) is 11.5 Å². The van der Waals surface area contributed by atoms with Crippen molar-refractivity contribution in [3.63, 3.8) is 0 Å². The molecule has 1 saturated heterocycles. The number of amides is 1. The van der Waals surface area contributed by atoms with E-state index in [1.54, 1.807) is 16.9 Å². The summed E-state index contributed by atoms with van der Waals surface area (Å²) in [5, 5.41) is 11.2. The Morgan fingerprint density at radius 3 is 2.62 bits per heavy atom. The number of para-hydroxylation sites is 1. The van der Waals surface area contributed by atoms with E-state index in [9.17, 15) is 18.4 Å². The van der Waals surface area contributed by atoms with Crippen molar-refractivity contribution in [3.05, 3.63) is 64.7 Å². The second kappa shape index (κ2) is 10.8. The molecule has 1 fully saturated rings. The van der Waals surface area contributed by atoms with Gasteiger partial charge in [0.2, 0.25) is 0 Å². The molecule has 4 rings (SSSR count). The number of carbonyl (C=O) groups is 1. The third-order valence-electron chi connectivity index (χ3n) is 5.58. The monoisotopic (exact) mass is 517 g/mol. The first-order valence-corrected chi connectivity index (χ1v) is 11.9. The van der Waals surface area contributed by atoms with E-state index >= 15 is 0 Å². The zero-order chi connectivity index (χ0) is 26.7. The van der Waals surface area contributed by atoms with E-state index in [1.165, 1.54) is 6.07 Å². The van der Waals surface area contributed by atoms with Crippen LogP contribution in [0.5, 0.6) is 11.5 Å². The maximum atomic E-state index is 13.9. The van der Waals surface area contributed by atoms with E-state index in [0.29, 0.717) is 25.4 Å². The first kappa shape index (κ1) is 26.4. The smallest absolute Gasteiger partial charge is 0.271 e. The van der Waals surface area contributed by atoms with Crippen LogP contribution in [0.1, 0.15) is 40.2 Å². The molecular weight excluding hydrogens is 488 g/mol. The second-order valence-corrected chi connectivity index (χ2v) is 9.64. The summed E-state index contributed by atoms with van der Waals surface area (Å²) >= 11 is 0. The van der Waals surface area contributed by atoms with Gasteiger partial charge in [-0.2, -0.15) is 10.2 Å². The molecule has 1 unspecified atom stereocenters. The van der Waals surface area contributed by atoms with Gasteiger partial charge < -0.3 is 19.5 Å². The van der Waals surface area contributed by atoms with Gasteiger partial charge in [-0.15, -0.1) is 0 Å². The molecule has 12 heteroatoms. The van der Waals surface area contributed by atoms with Crippen molar-refractivity contribution in [1.82, 2.24) is 19.6 Å². The van der Waals surface area contributed by atoms with Crippen LogP contribution >= 0.6 is 0 Å². The maximum Gasteiger partial charge on any atom is 0.271 e. The molecule has 1 aliphatic heterocycles. The average Bonchev–Trinajstić information content (AvgIpc) is 3.40. The second-order valence-electron chi connectivity index (χ2n) is 9.64. The third kappa shape index (κ3) is 6.57. The Morgan fingerprint density at radius 1 is 1.27 bits per heavy atom. The van der Waals surface area contributed by atoms with Gasteiger partial charge in [-0.05, 0) is 38.3 Å². The number of hydrogen-bond acceptors (Lipinski definition) is 7. The molecule has 1 aliphatic rings. The van der Waals surface area contributed by atoms with Crippen LogP contribution in [0.15, 0.2) is 47.5 Å². The summed E-state index contributed by atoms with van der Waals surface area (Å²) in [6, 6.07) is 4.98. The van der Waals surface area contributed by atoms with Gasteiger partial charge >= 0.3 is 0 Å². The number of nitrogens with one attached hydrogen (secondary N) is 1.